The molecular weight excluding hydrogens is 230 g/mol. The number of carbonyl (C=O) groups excluding carboxylic acids is 2. The fraction of sp³-hybridized carbons (Fsp3) is 0.385. The largest absolute Gasteiger partial charge is 0.378 e. The molecule has 0 aromatic heterocycles. The Hall–Kier alpha value is -2.04. The van der Waals surface area contributed by atoms with Crippen LogP contribution in [0.25, 0.3) is 0 Å². The fourth-order valence-electron chi connectivity index (χ4n) is 1.91. The van der Waals surface area contributed by atoms with Gasteiger partial charge in [0.05, 0.1) is 6.54 Å². The second kappa shape index (κ2) is 5.08. The monoisotopic (exact) mass is 247 g/mol. The van der Waals surface area contributed by atoms with Gasteiger partial charge in [-0.1, -0.05) is 6.07 Å². The lowest BCUT2D eigenvalue weighted by Crippen LogP contribution is -2.49. The number of carbonyl (C=O) groups is 2. The van der Waals surface area contributed by atoms with E-state index in [0.717, 1.165) is 5.69 Å². The van der Waals surface area contributed by atoms with Crippen LogP contribution in [0.3, 0.4) is 0 Å². The van der Waals surface area contributed by atoms with E-state index in [0.29, 0.717) is 18.7 Å². The average molecular weight is 247 g/mol. The first kappa shape index (κ1) is 12.4. The van der Waals surface area contributed by atoms with Gasteiger partial charge >= 0.3 is 0 Å². The van der Waals surface area contributed by atoms with Gasteiger partial charge in [0.25, 0.3) is 5.91 Å². The Morgan fingerprint density at radius 3 is 2.83 bits per heavy atom. The van der Waals surface area contributed by atoms with Crippen LogP contribution in [0, 0.1) is 0 Å². The molecule has 1 aromatic carbocycles. The first-order valence-electron chi connectivity index (χ1n) is 5.91. The Labute approximate surface area is 106 Å². The van der Waals surface area contributed by atoms with Crippen molar-refractivity contribution in [2.75, 3.05) is 38.6 Å². The van der Waals surface area contributed by atoms with Crippen LogP contribution in [0.5, 0.6) is 0 Å². The molecule has 1 aliphatic rings. The van der Waals surface area contributed by atoms with Gasteiger partial charge in [-0.25, -0.2) is 0 Å². The molecule has 1 aromatic rings. The van der Waals surface area contributed by atoms with Gasteiger partial charge < -0.3 is 15.1 Å². The van der Waals surface area contributed by atoms with Crippen molar-refractivity contribution in [2.45, 2.75) is 0 Å². The SMILES string of the molecule is CN(C)c1cccc(C(=O)N2CCNC(=O)C2)c1. The van der Waals surface area contributed by atoms with E-state index >= 15 is 0 Å². The van der Waals surface area contributed by atoms with E-state index in [4.69, 9.17) is 0 Å². The van der Waals surface area contributed by atoms with Gasteiger partial charge in [0, 0.05) is 38.4 Å². The topological polar surface area (TPSA) is 52.7 Å². The molecule has 0 saturated carbocycles. The fourth-order valence-corrected chi connectivity index (χ4v) is 1.91. The van der Waals surface area contributed by atoms with Crippen LogP contribution in [-0.4, -0.2) is 50.4 Å². The van der Waals surface area contributed by atoms with E-state index in [9.17, 15) is 9.59 Å². The van der Waals surface area contributed by atoms with Crippen molar-refractivity contribution in [1.82, 2.24) is 10.2 Å². The lowest BCUT2D eigenvalue weighted by molar-refractivity contribution is -0.123. The Balaban J connectivity index is 2.17. The Morgan fingerprint density at radius 1 is 1.39 bits per heavy atom. The van der Waals surface area contributed by atoms with Crippen molar-refractivity contribution in [2.24, 2.45) is 0 Å². The van der Waals surface area contributed by atoms with Crippen molar-refractivity contribution in [3.05, 3.63) is 29.8 Å². The van der Waals surface area contributed by atoms with E-state index in [1.165, 1.54) is 0 Å². The van der Waals surface area contributed by atoms with Crippen LogP contribution in [-0.2, 0) is 4.79 Å². The summed E-state index contributed by atoms with van der Waals surface area (Å²) in [5.74, 6) is -0.188. The molecule has 2 amide bonds. The molecule has 0 bridgehead atoms. The summed E-state index contributed by atoms with van der Waals surface area (Å²) in [5, 5.41) is 2.71. The normalized spacial score (nSPS) is 15.2. The summed E-state index contributed by atoms with van der Waals surface area (Å²) in [6.45, 7) is 1.24. The predicted octanol–water partition coefficient (Wildman–Crippen LogP) is 0.325. The molecular formula is C13H17N3O2. The molecule has 0 unspecified atom stereocenters. The van der Waals surface area contributed by atoms with E-state index < -0.39 is 0 Å². The zero-order chi connectivity index (χ0) is 13.1. The lowest BCUT2D eigenvalue weighted by atomic mass is 10.1. The molecule has 1 saturated heterocycles. The number of nitrogens with zero attached hydrogens (tertiary/aromatic N) is 2. The molecule has 1 aliphatic heterocycles. The number of piperazine rings is 1. The van der Waals surface area contributed by atoms with Gasteiger partial charge in [-0.15, -0.1) is 0 Å². The summed E-state index contributed by atoms with van der Waals surface area (Å²) in [6.07, 6.45) is 0. The minimum absolute atomic E-state index is 0.0893. The van der Waals surface area contributed by atoms with Gasteiger partial charge in [0.1, 0.15) is 0 Å². The molecule has 0 aliphatic carbocycles. The molecule has 5 nitrogen and oxygen atoms in total. The zero-order valence-electron chi connectivity index (χ0n) is 10.6. The van der Waals surface area contributed by atoms with Crippen molar-refractivity contribution >= 4 is 17.5 Å². The quantitative estimate of drug-likeness (QED) is 0.819. The second-order valence-corrected chi connectivity index (χ2v) is 4.52. The predicted molar refractivity (Wildman–Crippen MR) is 69.7 cm³/mol. The van der Waals surface area contributed by atoms with Gasteiger partial charge in [0.2, 0.25) is 5.91 Å². The maximum atomic E-state index is 12.2. The minimum atomic E-state index is -0.0987. The zero-order valence-corrected chi connectivity index (χ0v) is 10.6. The maximum Gasteiger partial charge on any atom is 0.254 e. The number of anilines is 1. The summed E-state index contributed by atoms with van der Waals surface area (Å²) < 4.78 is 0. The first-order chi connectivity index (χ1) is 8.58. The highest BCUT2D eigenvalue weighted by Crippen LogP contribution is 2.15. The Morgan fingerprint density at radius 2 is 2.17 bits per heavy atom. The van der Waals surface area contributed by atoms with E-state index in [2.05, 4.69) is 5.32 Å². The van der Waals surface area contributed by atoms with Crippen molar-refractivity contribution in [3.63, 3.8) is 0 Å². The van der Waals surface area contributed by atoms with Crippen molar-refractivity contribution in [1.29, 1.82) is 0 Å². The average Bonchev–Trinajstić information content (AvgIpc) is 2.38. The summed E-state index contributed by atoms with van der Waals surface area (Å²) in [6, 6.07) is 7.42. The van der Waals surface area contributed by atoms with Crippen LogP contribution in [0.15, 0.2) is 24.3 Å². The molecule has 1 heterocycles. The van der Waals surface area contributed by atoms with Crippen molar-refractivity contribution in [3.8, 4) is 0 Å². The van der Waals surface area contributed by atoms with Gasteiger partial charge in [-0.2, -0.15) is 0 Å². The van der Waals surface area contributed by atoms with Crippen LogP contribution in [0.2, 0.25) is 0 Å². The summed E-state index contributed by atoms with van der Waals surface area (Å²) >= 11 is 0. The highest BCUT2D eigenvalue weighted by atomic mass is 16.2. The number of amides is 2. The molecule has 1 fully saturated rings. The van der Waals surface area contributed by atoms with Crippen molar-refractivity contribution < 1.29 is 9.59 Å². The third kappa shape index (κ3) is 2.61. The van der Waals surface area contributed by atoms with Crippen LogP contribution in [0.4, 0.5) is 5.69 Å². The number of benzene rings is 1. The van der Waals surface area contributed by atoms with E-state index in [1.54, 1.807) is 11.0 Å². The van der Waals surface area contributed by atoms with Gasteiger partial charge in [0.15, 0.2) is 0 Å². The first-order valence-corrected chi connectivity index (χ1v) is 5.91. The molecule has 0 radical (unpaired) electrons. The second-order valence-electron chi connectivity index (χ2n) is 4.52. The molecule has 5 heteroatoms. The number of rotatable bonds is 2. The van der Waals surface area contributed by atoms with Crippen LogP contribution in [0.1, 0.15) is 10.4 Å². The molecule has 96 valence electrons. The molecule has 1 N–H and O–H groups in total. The van der Waals surface area contributed by atoms with Crippen LogP contribution < -0.4 is 10.2 Å². The Bertz CT molecular complexity index is 471. The van der Waals surface area contributed by atoms with E-state index in [-0.39, 0.29) is 18.4 Å². The number of nitrogens with one attached hydrogen (secondary N) is 1. The highest BCUT2D eigenvalue weighted by molar-refractivity contribution is 5.97. The lowest BCUT2D eigenvalue weighted by Gasteiger charge is -2.27. The third-order valence-corrected chi connectivity index (χ3v) is 2.94. The van der Waals surface area contributed by atoms with Gasteiger partial charge in [-0.3, -0.25) is 9.59 Å². The summed E-state index contributed by atoms with van der Waals surface area (Å²) in [4.78, 5) is 27.0. The molecule has 0 atom stereocenters. The highest BCUT2D eigenvalue weighted by Gasteiger charge is 2.22. The standard InChI is InChI=1S/C13H17N3O2/c1-15(2)11-5-3-4-10(8-11)13(18)16-7-6-14-12(17)9-16/h3-5,8H,6-7,9H2,1-2H3,(H,14,17). The summed E-state index contributed by atoms with van der Waals surface area (Å²) in [7, 11) is 3.86. The smallest absolute Gasteiger partial charge is 0.254 e. The molecule has 18 heavy (non-hydrogen) atoms. The minimum Gasteiger partial charge on any atom is -0.378 e. The third-order valence-electron chi connectivity index (χ3n) is 2.94. The molecule has 0 spiro atoms. The van der Waals surface area contributed by atoms with Gasteiger partial charge in [-0.05, 0) is 18.2 Å². The van der Waals surface area contributed by atoms with Crippen LogP contribution >= 0.6 is 0 Å². The number of hydrogen-bond donors (Lipinski definition) is 1. The number of hydrogen-bond acceptors (Lipinski definition) is 3. The Kier molecular flexibility index (Phi) is 3.50. The molecule has 2 rings (SSSR count). The maximum absolute atomic E-state index is 12.2. The summed E-state index contributed by atoms with van der Waals surface area (Å²) in [5.41, 5.74) is 1.60. The van der Waals surface area contributed by atoms with E-state index in [1.807, 2.05) is 37.2 Å².